The lowest BCUT2D eigenvalue weighted by Gasteiger charge is -2.48. The van der Waals surface area contributed by atoms with Crippen molar-refractivity contribution in [3.8, 4) is 11.5 Å². The highest BCUT2D eigenvalue weighted by molar-refractivity contribution is 5.33. The first-order valence-electron chi connectivity index (χ1n) is 9.77. The van der Waals surface area contributed by atoms with Crippen molar-refractivity contribution in [1.82, 2.24) is 5.32 Å². The van der Waals surface area contributed by atoms with Crippen molar-refractivity contribution in [2.45, 2.75) is 50.8 Å². The highest BCUT2D eigenvalue weighted by Crippen LogP contribution is 2.45. The molecule has 2 aromatic carbocycles. The van der Waals surface area contributed by atoms with Gasteiger partial charge in [-0.3, -0.25) is 0 Å². The van der Waals surface area contributed by atoms with Crippen LogP contribution < -0.4 is 14.8 Å². The smallest absolute Gasteiger partial charge is 0.118 e. The van der Waals surface area contributed by atoms with Crippen molar-refractivity contribution in [2.75, 3.05) is 14.2 Å². The van der Waals surface area contributed by atoms with Gasteiger partial charge in [-0.15, -0.1) is 0 Å². The van der Waals surface area contributed by atoms with Gasteiger partial charge >= 0.3 is 0 Å². The minimum absolute atomic E-state index is 0.0771. The molecule has 4 nitrogen and oxygen atoms in total. The van der Waals surface area contributed by atoms with E-state index in [-0.39, 0.29) is 18.0 Å². The fraction of sp³-hybridized carbons (Fsp3) is 0.478. The molecule has 4 atom stereocenters. The largest absolute Gasteiger partial charge is 0.497 e. The molecule has 0 radical (unpaired) electrons. The number of nitrogens with one attached hydrogen (secondary N) is 1. The van der Waals surface area contributed by atoms with Crippen molar-refractivity contribution in [2.24, 2.45) is 5.92 Å². The van der Waals surface area contributed by atoms with Gasteiger partial charge in [0.1, 0.15) is 11.5 Å². The average molecular weight is 370 g/mol. The van der Waals surface area contributed by atoms with Gasteiger partial charge in [0.2, 0.25) is 0 Å². The van der Waals surface area contributed by atoms with Gasteiger partial charge in [0, 0.05) is 18.0 Å². The summed E-state index contributed by atoms with van der Waals surface area (Å²) in [6, 6.07) is 16.5. The molecule has 0 bridgehead atoms. The number of methoxy groups -OCH3 is 2. The second-order valence-electron chi connectivity index (χ2n) is 7.59. The van der Waals surface area contributed by atoms with Crippen LogP contribution in [0.5, 0.6) is 11.5 Å². The van der Waals surface area contributed by atoms with Crippen molar-refractivity contribution >= 4 is 0 Å². The highest BCUT2D eigenvalue weighted by atomic mass is 16.5. The predicted molar refractivity (Wildman–Crippen MR) is 108 cm³/mol. The summed E-state index contributed by atoms with van der Waals surface area (Å²) in [7, 11) is 3.35. The minimum Gasteiger partial charge on any atom is -0.497 e. The van der Waals surface area contributed by atoms with Crippen molar-refractivity contribution in [1.29, 1.82) is 0 Å². The lowest BCUT2D eigenvalue weighted by Crippen LogP contribution is -2.52. The number of piperidine rings is 1. The summed E-state index contributed by atoms with van der Waals surface area (Å²) in [5, 5.41) is 15.3. The van der Waals surface area contributed by atoms with Crippen LogP contribution in [-0.4, -0.2) is 24.9 Å². The van der Waals surface area contributed by atoms with E-state index >= 15 is 0 Å². The van der Waals surface area contributed by atoms with E-state index in [0.717, 1.165) is 24.3 Å². The molecular weight excluding hydrogens is 338 g/mol. The van der Waals surface area contributed by atoms with E-state index in [9.17, 15) is 5.11 Å². The number of hydrogen-bond donors (Lipinski definition) is 2. The van der Waals surface area contributed by atoms with E-state index in [4.69, 9.17) is 9.47 Å². The quantitative estimate of drug-likeness (QED) is 0.778. The first kappa shape index (κ1) is 19.7. The molecule has 3 rings (SSSR count). The maximum Gasteiger partial charge on any atom is 0.118 e. The highest BCUT2D eigenvalue weighted by Gasteiger charge is 2.45. The Balaban J connectivity index is 1.93. The summed E-state index contributed by atoms with van der Waals surface area (Å²) < 4.78 is 10.6. The molecule has 2 N–H and O–H groups in total. The Morgan fingerprint density at radius 3 is 1.96 bits per heavy atom. The topological polar surface area (TPSA) is 50.7 Å². The van der Waals surface area contributed by atoms with Gasteiger partial charge in [-0.25, -0.2) is 0 Å². The zero-order valence-electron chi connectivity index (χ0n) is 16.7. The van der Waals surface area contributed by atoms with Crippen molar-refractivity contribution in [3.63, 3.8) is 0 Å². The van der Waals surface area contributed by atoms with Gasteiger partial charge in [-0.05, 0) is 48.2 Å². The molecule has 0 aromatic heterocycles. The summed E-state index contributed by atoms with van der Waals surface area (Å²) >= 11 is 0. The molecule has 1 aliphatic heterocycles. The third kappa shape index (κ3) is 4.12. The SMILES string of the molecule is CCC[C@]1(O)C[C@H](c2ccc(OC)cc2)N[C@@H](c2ccc(OC)cc2)[C@H]1C. The van der Waals surface area contributed by atoms with E-state index in [1.807, 2.05) is 24.3 Å². The molecule has 1 aliphatic rings. The van der Waals surface area contributed by atoms with Crippen LogP contribution in [0.2, 0.25) is 0 Å². The molecule has 0 saturated carbocycles. The fourth-order valence-corrected chi connectivity index (χ4v) is 4.28. The second-order valence-corrected chi connectivity index (χ2v) is 7.59. The number of rotatable bonds is 6. The Morgan fingerprint density at radius 1 is 0.963 bits per heavy atom. The van der Waals surface area contributed by atoms with E-state index in [1.54, 1.807) is 14.2 Å². The first-order chi connectivity index (χ1) is 13.0. The Labute approximate surface area is 162 Å². The molecule has 0 unspecified atom stereocenters. The van der Waals surface area contributed by atoms with Crippen molar-refractivity contribution < 1.29 is 14.6 Å². The summed E-state index contributed by atoms with van der Waals surface area (Å²) in [4.78, 5) is 0. The third-order valence-electron chi connectivity index (χ3n) is 5.96. The maximum atomic E-state index is 11.5. The predicted octanol–water partition coefficient (Wildman–Crippen LogP) is 4.65. The van der Waals surface area contributed by atoms with E-state index in [2.05, 4.69) is 43.4 Å². The van der Waals surface area contributed by atoms with Crippen LogP contribution >= 0.6 is 0 Å². The van der Waals surface area contributed by atoms with E-state index < -0.39 is 5.60 Å². The monoisotopic (exact) mass is 369 g/mol. The summed E-state index contributed by atoms with van der Waals surface area (Å²) in [5.41, 5.74) is 1.65. The van der Waals surface area contributed by atoms with Gasteiger partial charge in [-0.2, -0.15) is 0 Å². The van der Waals surface area contributed by atoms with Crippen LogP contribution in [0.4, 0.5) is 0 Å². The number of aliphatic hydroxyl groups is 1. The molecule has 4 heteroatoms. The minimum atomic E-state index is -0.699. The van der Waals surface area contributed by atoms with Gasteiger partial charge in [0.15, 0.2) is 0 Å². The Morgan fingerprint density at radius 2 is 1.48 bits per heavy atom. The fourth-order valence-electron chi connectivity index (χ4n) is 4.28. The molecule has 1 fully saturated rings. The molecule has 2 aromatic rings. The molecule has 0 aliphatic carbocycles. The summed E-state index contributed by atoms with van der Waals surface area (Å²) in [6.07, 6.45) is 2.47. The molecule has 146 valence electrons. The molecule has 27 heavy (non-hydrogen) atoms. The molecule has 0 spiro atoms. The van der Waals surface area contributed by atoms with Crippen LogP contribution in [0.1, 0.15) is 56.3 Å². The molecule has 0 amide bonds. The van der Waals surface area contributed by atoms with Crippen LogP contribution in [0.15, 0.2) is 48.5 Å². The number of ether oxygens (including phenoxy) is 2. The van der Waals surface area contributed by atoms with Gasteiger partial charge in [-0.1, -0.05) is 44.5 Å². The summed E-state index contributed by atoms with van der Waals surface area (Å²) in [6.45, 7) is 4.29. The van der Waals surface area contributed by atoms with Gasteiger partial charge < -0.3 is 19.9 Å². The average Bonchev–Trinajstić information content (AvgIpc) is 2.70. The zero-order chi connectivity index (χ0) is 19.4. The standard InChI is InChI=1S/C23H31NO3/c1-5-14-23(25)15-21(17-6-10-19(26-3)11-7-17)24-22(16(23)2)18-8-12-20(27-4)13-9-18/h6-13,16,21-22,24-25H,5,14-15H2,1-4H3/t16-,21-,22-,23+/m1/s1. The number of benzene rings is 2. The Kier molecular flexibility index (Phi) is 6.08. The van der Waals surface area contributed by atoms with Crippen LogP contribution in [0.3, 0.4) is 0 Å². The summed E-state index contributed by atoms with van der Waals surface area (Å²) in [5.74, 6) is 1.80. The van der Waals surface area contributed by atoms with Crippen LogP contribution in [0.25, 0.3) is 0 Å². The zero-order valence-corrected chi connectivity index (χ0v) is 16.7. The van der Waals surface area contributed by atoms with Gasteiger partial charge in [0.05, 0.1) is 19.8 Å². The lowest BCUT2D eigenvalue weighted by molar-refractivity contribution is -0.0743. The normalized spacial score (nSPS) is 28.0. The van der Waals surface area contributed by atoms with Crippen molar-refractivity contribution in [3.05, 3.63) is 59.7 Å². The second kappa shape index (κ2) is 8.32. The maximum absolute atomic E-state index is 11.5. The van der Waals surface area contributed by atoms with E-state index in [0.29, 0.717) is 6.42 Å². The molecular formula is C23H31NO3. The number of hydrogen-bond acceptors (Lipinski definition) is 4. The lowest BCUT2D eigenvalue weighted by atomic mass is 9.70. The van der Waals surface area contributed by atoms with Gasteiger partial charge in [0.25, 0.3) is 0 Å². The van der Waals surface area contributed by atoms with Crippen LogP contribution in [0, 0.1) is 5.92 Å². The Hall–Kier alpha value is -2.04. The van der Waals surface area contributed by atoms with Crippen LogP contribution in [-0.2, 0) is 0 Å². The third-order valence-corrected chi connectivity index (χ3v) is 5.96. The molecule has 1 saturated heterocycles. The molecule has 1 heterocycles. The first-order valence-corrected chi connectivity index (χ1v) is 9.77. The Bertz CT molecular complexity index is 728. The van der Waals surface area contributed by atoms with E-state index in [1.165, 1.54) is 11.1 Å².